The van der Waals surface area contributed by atoms with Gasteiger partial charge in [0, 0.05) is 11.1 Å². The summed E-state index contributed by atoms with van der Waals surface area (Å²) in [5.74, 6) is 0. The molecule has 0 fully saturated rings. The van der Waals surface area contributed by atoms with Crippen LogP contribution in [0.4, 0.5) is 0 Å². The molecule has 0 aliphatic rings. The van der Waals surface area contributed by atoms with E-state index < -0.39 is 0 Å². The SMILES string of the molecule is C/C=C\C(=N)C(C)(C)C.CC. The van der Waals surface area contributed by atoms with Gasteiger partial charge in [0.05, 0.1) is 0 Å². The Morgan fingerprint density at radius 1 is 1.18 bits per heavy atom. The molecule has 1 nitrogen and oxygen atoms in total. The summed E-state index contributed by atoms with van der Waals surface area (Å²) in [5.41, 5.74) is 0.692. The summed E-state index contributed by atoms with van der Waals surface area (Å²) in [4.78, 5) is 0. The van der Waals surface area contributed by atoms with Gasteiger partial charge in [-0.3, -0.25) is 0 Å². The summed E-state index contributed by atoms with van der Waals surface area (Å²) in [5, 5.41) is 7.45. The summed E-state index contributed by atoms with van der Waals surface area (Å²) in [7, 11) is 0. The van der Waals surface area contributed by atoms with Crippen LogP contribution in [0.1, 0.15) is 41.5 Å². The Morgan fingerprint density at radius 3 is 1.64 bits per heavy atom. The first-order chi connectivity index (χ1) is 4.98. The maximum Gasteiger partial charge on any atom is 0.0364 e. The summed E-state index contributed by atoms with van der Waals surface area (Å²) in [6, 6.07) is 0. The Morgan fingerprint density at radius 2 is 1.55 bits per heavy atom. The number of rotatable bonds is 1. The van der Waals surface area contributed by atoms with Gasteiger partial charge in [-0.05, 0) is 13.0 Å². The molecule has 0 saturated heterocycles. The van der Waals surface area contributed by atoms with Gasteiger partial charge in [0.25, 0.3) is 0 Å². The van der Waals surface area contributed by atoms with Crippen LogP contribution in [0, 0.1) is 10.8 Å². The van der Waals surface area contributed by atoms with Crippen LogP contribution >= 0.6 is 0 Å². The van der Waals surface area contributed by atoms with Gasteiger partial charge >= 0.3 is 0 Å². The van der Waals surface area contributed by atoms with Gasteiger partial charge < -0.3 is 5.41 Å². The molecular weight excluding hydrogens is 134 g/mol. The number of nitrogens with one attached hydrogen (secondary N) is 1. The lowest BCUT2D eigenvalue weighted by atomic mass is 9.90. The predicted octanol–water partition coefficient (Wildman–Crippen LogP) is 3.65. The van der Waals surface area contributed by atoms with E-state index in [0.29, 0.717) is 5.71 Å². The van der Waals surface area contributed by atoms with Gasteiger partial charge in [-0.2, -0.15) is 0 Å². The van der Waals surface area contributed by atoms with Crippen molar-refractivity contribution in [2.24, 2.45) is 5.41 Å². The first kappa shape index (κ1) is 13.0. The van der Waals surface area contributed by atoms with Crippen LogP contribution in [-0.4, -0.2) is 5.71 Å². The highest BCUT2D eigenvalue weighted by Gasteiger charge is 2.13. The lowest BCUT2D eigenvalue weighted by molar-refractivity contribution is 0.590. The van der Waals surface area contributed by atoms with Gasteiger partial charge in [-0.15, -0.1) is 0 Å². The molecule has 0 spiro atoms. The molecule has 1 N–H and O–H groups in total. The largest absolute Gasteiger partial charge is 0.305 e. The number of hydrogen-bond donors (Lipinski definition) is 1. The van der Waals surface area contributed by atoms with Gasteiger partial charge in [-0.1, -0.05) is 40.7 Å². The second-order valence-corrected chi connectivity index (χ2v) is 3.16. The Labute approximate surface area is 71.0 Å². The van der Waals surface area contributed by atoms with Gasteiger partial charge in [0.15, 0.2) is 0 Å². The quantitative estimate of drug-likeness (QED) is 0.559. The van der Waals surface area contributed by atoms with E-state index in [2.05, 4.69) is 0 Å². The normalized spacial score (nSPS) is 10.7. The maximum atomic E-state index is 7.45. The van der Waals surface area contributed by atoms with Gasteiger partial charge in [0.2, 0.25) is 0 Å². The third-order valence-corrected chi connectivity index (χ3v) is 1.14. The van der Waals surface area contributed by atoms with E-state index in [1.165, 1.54) is 0 Å². The van der Waals surface area contributed by atoms with E-state index in [9.17, 15) is 0 Å². The van der Waals surface area contributed by atoms with Crippen molar-refractivity contribution in [3.8, 4) is 0 Å². The predicted molar refractivity (Wildman–Crippen MR) is 53.3 cm³/mol. The Hall–Kier alpha value is -0.590. The molecule has 0 unspecified atom stereocenters. The van der Waals surface area contributed by atoms with Crippen molar-refractivity contribution >= 4 is 5.71 Å². The molecule has 0 heterocycles. The van der Waals surface area contributed by atoms with Crippen LogP contribution in [0.2, 0.25) is 0 Å². The average molecular weight is 155 g/mol. The molecular formula is C10H21N. The van der Waals surface area contributed by atoms with Crippen molar-refractivity contribution in [1.29, 1.82) is 5.41 Å². The topological polar surface area (TPSA) is 23.9 Å². The lowest BCUT2D eigenvalue weighted by Gasteiger charge is -2.15. The summed E-state index contributed by atoms with van der Waals surface area (Å²) in [6.45, 7) is 12.0. The zero-order valence-electron chi connectivity index (χ0n) is 8.65. The van der Waals surface area contributed by atoms with Crippen LogP contribution in [0.5, 0.6) is 0 Å². The fourth-order valence-electron chi connectivity index (χ4n) is 0.417. The van der Waals surface area contributed by atoms with Crippen molar-refractivity contribution in [1.82, 2.24) is 0 Å². The minimum atomic E-state index is 0.00646. The second-order valence-electron chi connectivity index (χ2n) is 3.16. The van der Waals surface area contributed by atoms with E-state index >= 15 is 0 Å². The smallest absolute Gasteiger partial charge is 0.0364 e. The van der Waals surface area contributed by atoms with Gasteiger partial charge in [0.1, 0.15) is 0 Å². The van der Waals surface area contributed by atoms with Gasteiger partial charge in [-0.25, -0.2) is 0 Å². The molecule has 0 aromatic rings. The standard InChI is InChI=1S/C8H15N.C2H6/c1-5-6-7(9)8(2,3)4;1-2/h5-6,9H,1-4H3;1-2H3/b6-5-,9-7?;. The molecule has 0 aliphatic heterocycles. The average Bonchev–Trinajstić information content (AvgIpc) is 1.91. The van der Waals surface area contributed by atoms with E-state index in [1.54, 1.807) is 0 Å². The molecule has 0 aromatic heterocycles. The minimum Gasteiger partial charge on any atom is -0.305 e. The highest BCUT2D eigenvalue weighted by molar-refractivity contribution is 5.96. The molecule has 1 heteroatoms. The summed E-state index contributed by atoms with van der Waals surface area (Å²) < 4.78 is 0. The summed E-state index contributed by atoms with van der Waals surface area (Å²) in [6.07, 6.45) is 3.73. The molecule has 0 atom stereocenters. The van der Waals surface area contributed by atoms with E-state index in [4.69, 9.17) is 5.41 Å². The van der Waals surface area contributed by atoms with Crippen LogP contribution in [-0.2, 0) is 0 Å². The highest BCUT2D eigenvalue weighted by atomic mass is 14.4. The van der Waals surface area contributed by atoms with Crippen LogP contribution in [0.15, 0.2) is 12.2 Å². The van der Waals surface area contributed by atoms with Crippen molar-refractivity contribution in [3.63, 3.8) is 0 Å². The molecule has 0 rings (SSSR count). The van der Waals surface area contributed by atoms with Crippen molar-refractivity contribution in [2.75, 3.05) is 0 Å². The number of allylic oxidation sites excluding steroid dienone is 2. The third kappa shape index (κ3) is 7.31. The van der Waals surface area contributed by atoms with Crippen molar-refractivity contribution < 1.29 is 0 Å². The summed E-state index contributed by atoms with van der Waals surface area (Å²) >= 11 is 0. The van der Waals surface area contributed by atoms with Crippen molar-refractivity contribution in [2.45, 2.75) is 41.5 Å². The Kier molecular flexibility index (Phi) is 7.28. The second kappa shape index (κ2) is 6.14. The van der Waals surface area contributed by atoms with Crippen LogP contribution < -0.4 is 0 Å². The fourth-order valence-corrected chi connectivity index (χ4v) is 0.417. The maximum absolute atomic E-state index is 7.45. The highest BCUT2D eigenvalue weighted by Crippen LogP contribution is 2.14. The number of hydrogen-bond acceptors (Lipinski definition) is 1. The molecule has 0 radical (unpaired) electrons. The Bertz CT molecular complexity index is 126. The molecule has 11 heavy (non-hydrogen) atoms. The zero-order valence-corrected chi connectivity index (χ0v) is 8.65. The third-order valence-electron chi connectivity index (χ3n) is 1.14. The monoisotopic (exact) mass is 155 g/mol. The Balaban J connectivity index is 0. The minimum absolute atomic E-state index is 0.00646. The first-order valence-electron chi connectivity index (χ1n) is 4.20. The molecule has 0 aromatic carbocycles. The molecule has 66 valence electrons. The van der Waals surface area contributed by atoms with E-state index in [0.717, 1.165) is 0 Å². The first-order valence-corrected chi connectivity index (χ1v) is 4.20. The molecule has 0 amide bonds. The fraction of sp³-hybridized carbons (Fsp3) is 0.700. The van der Waals surface area contributed by atoms with Crippen LogP contribution in [0.25, 0.3) is 0 Å². The zero-order chi connectivity index (χ0) is 9.49. The van der Waals surface area contributed by atoms with Crippen LogP contribution in [0.3, 0.4) is 0 Å². The molecule has 0 bridgehead atoms. The molecule has 0 saturated carbocycles. The lowest BCUT2D eigenvalue weighted by Crippen LogP contribution is -2.16. The van der Waals surface area contributed by atoms with Crippen molar-refractivity contribution in [3.05, 3.63) is 12.2 Å². The molecule has 0 aliphatic carbocycles. The van der Waals surface area contributed by atoms with E-state index in [1.807, 2.05) is 53.7 Å². The van der Waals surface area contributed by atoms with E-state index in [-0.39, 0.29) is 5.41 Å².